The lowest BCUT2D eigenvalue weighted by Crippen LogP contribution is -2.53. The molecule has 31 heavy (non-hydrogen) atoms. The van der Waals surface area contributed by atoms with Gasteiger partial charge in [-0.15, -0.1) is 0 Å². The van der Waals surface area contributed by atoms with E-state index in [1.54, 1.807) is 18.2 Å². The quantitative estimate of drug-likeness (QED) is 0.697. The normalized spacial score (nSPS) is 14.6. The number of fused-ring (bicyclic) bond motifs is 1. The fourth-order valence-electron chi connectivity index (χ4n) is 3.36. The maximum Gasteiger partial charge on any atom is 0.430 e. The molecule has 2 aromatic carbocycles. The van der Waals surface area contributed by atoms with E-state index >= 15 is 0 Å². The number of nitrogens with one attached hydrogen (secondary N) is 1. The first-order chi connectivity index (χ1) is 14.2. The average Bonchev–Trinajstić information content (AvgIpc) is 2.94. The lowest BCUT2D eigenvalue weighted by Gasteiger charge is -2.32. The summed E-state index contributed by atoms with van der Waals surface area (Å²) in [7, 11) is 0. The van der Waals surface area contributed by atoms with Crippen molar-refractivity contribution in [1.82, 2.24) is 0 Å². The second kappa shape index (κ2) is 7.56. The summed E-state index contributed by atoms with van der Waals surface area (Å²) in [4.78, 5) is 24.9. The van der Waals surface area contributed by atoms with Gasteiger partial charge in [-0.05, 0) is 29.3 Å². The van der Waals surface area contributed by atoms with Crippen molar-refractivity contribution in [2.45, 2.75) is 37.8 Å². The van der Waals surface area contributed by atoms with E-state index < -0.39 is 23.5 Å². The SMILES string of the molecule is CC(=O)Nc1ccc2c(c1)CC(=O)N2Cc1ccc(C(O)(C(F)(F)F)C(F)(F)F)cc1. The Hall–Kier alpha value is -3.08. The summed E-state index contributed by atoms with van der Waals surface area (Å²) >= 11 is 0. The number of rotatable bonds is 4. The molecule has 0 saturated heterocycles. The summed E-state index contributed by atoms with van der Waals surface area (Å²) < 4.78 is 78.0. The van der Waals surface area contributed by atoms with Gasteiger partial charge in [0.15, 0.2) is 0 Å². The standard InChI is InChI=1S/C20H16F6N2O3/c1-11(29)27-15-6-7-16-13(8-15)9-17(30)28(16)10-12-2-4-14(5-3-12)18(31,19(21,22)23)20(24,25)26/h2-8,31H,9-10H2,1H3,(H,27,29). The molecule has 2 aromatic rings. The van der Waals surface area contributed by atoms with Crippen LogP contribution in [0.2, 0.25) is 0 Å². The Bertz CT molecular complexity index is 1000. The number of carbonyl (C=O) groups excluding carboxylic acids is 2. The van der Waals surface area contributed by atoms with Gasteiger partial charge in [0.1, 0.15) is 0 Å². The van der Waals surface area contributed by atoms with Gasteiger partial charge in [0, 0.05) is 23.9 Å². The molecular weight excluding hydrogens is 430 g/mol. The van der Waals surface area contributed by atoms with E-state index in [1.165, 1.54) is 11.8 Å². The minimum Gasteiger partial charge on any atom is -0.369 e. The zero-order chi connectivity index (χ0) is 23.2. The largest absolute Gasteiger partial charge is 0.430 e. The maximum absolute atomic E-state index is 13.0. The van der Waals surface area contributed by atoms with Crippen LogP contribution in [0.3, 0.4) is 0 Å². The van der Waals surface area contributed by atoms with E-state index in [0.717, 1.165) is 12.1 Å². The lowest BCUT2D eigenvalue weighted by atomic mass is 9.91. The molecule has 0 spiro atoms. The third-order valence-electron chi connectivity index (χ3n) is 4.87. The number of hydrogen-bond acceptors (Lipinski definition) is 3. The van der Waals surface area contributed by atoms with Crippen LogP contribution in [0.15, 0.2) is 42.5 Å². The highest BCUT2D eigenvalue weighted by atomic mass is 19.4. The molecule has 0 unspecified atom stereocenters. The van der Waals surface area contributed by atoms with Gasteiger partial charge in [-0.3, -0.25) is 9.59 Å². The highest BCUT2D eigenvalue weighted by Gasteiger charge is 2.71. The fourth-order valence-corrected chi connectivity index (χ4v) is 3.36. The van der Waals surface area contributed by atoms with Crippen molar-refractivity contribution in [2.75, 3.05) is 10.2 Å². The first kappa shape index (κ1) is 22.6. The molecule has 0 saturated carbocycles. The predicted molar refractivity (Wildman–Crippen MR) is 98.1 cm³/mol. The summed E-state index contributed by atoms with van der Waals surface area (Å²) in [5, 5.41) is 12.0. The Labute approximate surface area is 172 Å². The van der Waals surface area contributed by atoms with Gasteiger partial charge in [0.05, 0.1) is 13.0 Å². The second-order valence-electron chi connectivity index (χ2n) is 7.08. The molecule has 1 aliphatic rings. The van der Waals surface area contributed by atoms with E-state index in [1.807, 2.05) is 0 Å². The topological polar surface area (TPSA) is 69.6 Å². The Balaban J connectivity index is 1.86. The number of amides is 2. The number of benzene rings is 2. The van der Waals surface area contributed by atoms with Gasteiger partial charge >= 0.3 is 12.4 Å². The van der Waals surface area contributed by atoms with E-state index in [4.69, 9.17) is 0 Å². The number of alkyl halides is 6. The molecule has 166 valence electrons. The number of aliphatic hydroxyl groups is 1. The number of halogens is 6. The van der Waals surface area contributed by atoms with E-state index in [2.05, 4.69) is 5.32 Å². The van der Waals surface area contributed by atoms with Gasteiger partial charge in [-0.25, -0.2) is 0 Å². The van der Waals surface area contributed by atoms with E-state index in [0.29, 0.717) is 29.1 Å². The van der Waals surface area contributed by atoms with Crippen LogP contribution >= 0.6 is 0 Å². The van der Waals surface area contributed by atoms with Crippen molar-refractivity contribution in [3.05, 3.63) is 59.2 Å². The smallest absolute Gasteiger partial charge is 0.369 e. The Morgan fingerprint density at radius 1 is 1.03 bits per heavy atom. The molecule has 0 radical (unpaired) electrons. The first-order valence-electron chi connectivity index (χ1n) is 8.90. The van der Waals surface area contributed by atoms with Crippen molar-refractivity contribution in [3.8, 4) is 0 Å². The van der Waals surface area contributed by atoms with Crippen LogP contribution < -0.4 is 10.2 Å². The van der Waals surface area contributed by atoms with E-state index in [-0.39, 0.29) is 30.3 Å². The number of anilines is 2. The molecular formula is C20H16F6N2O3. The molecule has 0 aromatic heterocycles. The number of hydrogen-bond donors (Lipinski definition) is 2. The van der Waals surface area contributed by atoms with E-state index in [9.17, 15) is 41.0 Å². The molecule has 11 heteroatoms. The zero-order valence-electron chi connectivity index (χ0n) is 15.9. The molecule has 1 aliphatic heterocycles. The van der Waals surface area contributed by atoms with Crippen LogP contribution in [0.1, 0.15) is 23.6 Å². The predicted octanol–water partition coefficient (Wildman–Crippen LogP) is 4.05. The number of carbonyl (C=O) groups is 2. The fraction of sp³-hybridized carbons (Fsp3) is 0.300. The molecule has 2 N–H and O–H groups in total. The summed E-state index contributed by atoms with van der Waals surface area (Å²) in [6.07, 6.45) is -11.9. The maximum atomic E-state index is 13.0. The highest BCUT2D eigenvalue weighted by Crippen LogP contribution is 2.50. The van der Waals surface area contributed by atoms with Crippen LogP contribution in [0.4, 0.5) is 37.7 Å². The van der Waals surface area contributed by atoms with Crippen LogP contribution in [0.5, 0.6) is 0 Å². The van der Waals surface area contributed by atoms with Crippen LogP contribution in [0, 0.1) is 0 Å². The summed E-state index contributed by atoms with van der Waals surface area (Å²) in [6, 6.07) is 7.84. The Morgan fingerprint density at radius 3 is 2.13 bits per heavy atom. The molecule has 1 heterocycles. The summed E-state index contributed by atoms with van der Waals surface area (Å²) in [5.74, 6) is -0.611. The second-order valence-corrected chi connectivity index (χ2v) is 7.08. The molecule has 5 nitrogen and oxygen atoms in total. The van der Waals surface area contributed by atoms with Crippen molar-refractivity contribution >= 4 is 23.2 Å². The summed E-state index contributed by atoms with van der Waals surface area (Å²) in [5.41, 5.74) is -4.48. The van der Waals surface area contributed by atoms with Crippen molar-refractivity contribution in [1.29, 1.82) is 0 Å². The van der Waals surface area contributed by atoms with Gasteiger partial charge < -0.3 is 15.3 Å². The van der Waals surface area contributed by atoms with Gasteiger partial charge in [-0.2, -0.15) is 26.3 Å². The zero-order valence-corrected chi connectivity index (χ0v) is 15.9. The Kier molecular flexibility index (Phi) is 5.51. The highest BCUT2D eigenvalue weighted by molar-refractivity contribution is 6.02. The first-order valence-corrected chi connectivity index (χ1v) is 8.90. The minimum atomic E-state index is -5.97. The van der Waals surface area contributed by atoms with Crippen LogP contribution in [-0.4, -0.2) is 29.3 Å². The molecule has 3 rings (SSSR count). The number of nitrogens with zero attached hydrogens (tertiary/aromatic N) is 1. The van der Waals surface area contributed by atoms with Crippen LogP contribution in [-0.2, 0) is 28.2 Å². The molecule has 0 aliphatic carbocycles. The van der Waals surface area contributed by atoms with Crippen LogP contribution in [0.25, 0.3) is 0 Å². The minimum absolute atomic E-state index is 0.0305. The molecule has 0 atom stereocenters. The lowest BCUT2D eigenvalue weighted by molar-refractivity contribution is -0.376. The molecule has 2 amide bonds. The Morgan fingerprint density at radius 2 is 1.61 bits per heavy atom. The van der Waals surface area contributed by atoms with Gasteiger partial charge in [0.25, 0.3) is 5.60 Å². The molecule has 0 bridgehead atoms. The van der Waals surface area contributed by atoms with Crippen molar-refractivity contribution in [3.63, 3.8) is 0 Å². The summed E-state index contributed by atoms with van der Waals surface area (Å²) in [6.45, 7) is 1.23. The van der Waals surface area contributed by atoms with Crippen molar-refractivity contribution in [2.24, 2.45) is 0 Å². The van der Waals surface area contributed by atoms with Gasteiger partial charge in [0.2, 0.25) is 11.8 Å². The third-order valence-corrected chi connectivity index (χ3v) is 4.87. The third kappa shape index (κ3) is 4.09. The average molecular weight is 446 g/mol. The van der Waals surface area contributed by atoms with Gasteiger partial charge in [-0.1, -0.05) is 24.3 Å². The van der Waals surface area contributed by atoms with Crippen molar-refractivity contribution < 1.29 is 41.0 Å². The molecule has 0 fully saturated rings. The monoisotopic (exact) mass is 446 g/mol.